The Morgan fingerprint density at radius 3 is 2.64 bits per heavy atom. The van der Waals surface area contributed by atoms with Crippen LogP contribution in [0.4, 0.5) is 0 Å². The van der Waals surface area contributed by atoms with Crippen LogP contribution in [0.3, 0.4) is 0 Å². The second kappa shape index (κ2) is 3.36. The summed E-state index contributed by atoms with van der Waals surface area (Å²) in [6, 6.07) is 0. The lowest BCUT2D eigenvalue weighted by molar-refractivity contribution is 0.397. The number of rotatable bonds is 2. The Bertz CT molecular complexity index is 222. The number of aryl methyl sites for hydroxylation is 1. The highest BCUT2D eigenvalue weighted by atomic mass is 79.9. The van der Waals surface area contributed by atoms with Crippen molar-refractivity contribution in [2.75, 3.05) is 14.1 Å². The second-order valence-corrected chi connectivity index (χ2v) is 3.56. The summed E-state index contributed by atoms with van der Waals surface area (Å²) in [5.74, 6) is 0. The molecule has 1 heterocycles. The van der Waals surface area contributed by atoms with Gasteiger partial charge in [0.25, 0.3) is 0 Å². The van der Waals surface area contributed by atoms with Crippen molar-refractivity contribution in [3.63, 3.8) is 0 Å². The number of hydrogen-bond donors (Lipinski definition) is 0. The summed E-state index contributed by atoms with van der Waals surface area (Å²) in [6.45, 7) is 0.888. The van der Waals surface area contributed by atoms with Gasteiger partial charge >= 0.3 is 0 Å². The average Bonchev–Trinajstić information content (AvgIpc) is 2.10. The SMILES string of the molecule is CN(C)Cc1cn(C)c(Br)n1. The first kappa shape index (κ1) is 8.74. The molecule has 0 atom stereocenters. The average molecular weight is 218 g/mol. The molecule has 1 aromatic heterocycles. The van der Waals surface area contributed by atoms with Crippen molar-refractivity contribution in [1.82, 2.24) is 14.5 Å². The third kappa shape index (κ3) is 2.31. The van der Waals surface area contributed by atoms with E-state index in [-0.39, 0.29) is 0 Å². The molecule has 1 rings (SSSR count). The van der Waals surface area contributed by atoms with E-state index in [1.165, 1.54) is 0 Å². The lowest BCUT2D eigenvalue weighted by Crippen LogP contribution is -2.10. The molecule has 0 saturated heterocycles. The summed E-state index contributed by atoms with van der Waals surface area (Å²) in [7, 11) is 6.03. The van der Waals surface area contributed by atoms with E-state index in [2.05, 4.69) is 25.8 Å². The van der Waals surface area contributed by atoms with E-state index in [0.29, 0.717) is 0 Å². The van der Waals surface area contributed by atoms with E-state index in [9.17, 15) is 0 Å². The minimum Gasteiger partial charge on any atom is -0.328 e. The highest BCUT2D eigenvalue weighted by molar-refractivity contribution is 9.10. The van der Waals surface area contributed by atoms with Gasteiger partial charge in [-0.05, 0) is 30.0 Å². The van der Waals surface area contributed by atoms with E-state index in [1.807, 2.05) is 31.9 Å². The number of hydrogen-bond acceptors (Lipinski definition) is 2. The predicted molar refractivity (Wildman–Crippen MR) is 48.3 cm³/mol. The lowest BCUT2D eigenvalue weighted by Gasteiger charge is -2.04. The molecule has 0 aliphatic rings. The van der Waals surface area contributed by atoms with Gasteiger partial charge in [0.05, 0.1) is 5.69 Å². The van der Waals surface area contributed by atoms with Crippen LogP contribution in [0.5, 0.6) is 0 Å². The first-order chi connectivity index (χ1) is 5.09. The van der Waals surface area contributed by atoms with Gasteiger partial charge in [0.2, 0.25) is 0 Å². The molecule has 0 aliphatic heterocycles. The molecule has 62 valence electrons. The van der Waals surface area contributed by atoms with Gasteiger partial charge in [-0.2, -0.15) is 0 Å². The molecule has 0 fully saturated rings. The minimum atomic E-state index is 0.884. The highest BCUT2D eigenvalue weighted by Crippen LogP contribution is 2.08. The molecule has 0 bridgehead atoms. The number of imidazole rings is 1. The molecular weight excluding hydrogens is 206 g/mol. The van der Waals surface area contributed by atoms with Gasteiger partial charge in [-0.3, -0.25) is 0 Å². The Morgan fingerprint density at radius 2 is 2.27 bits per heavy atom. The molecule has 0 spiro atoms. The summed E-state index contributed by atoms with van der Waals surface area (Å²) in [6.07, 6.45) is 2.02. The fourth-order valence-electron chi connectivity index (χ4n) is 0.903. The number of aromatic nitrogens is 2. The van der Waals surface area contributed by atoms with Crippen molar-refractivity contribution in [3.8, 4) is 0 Å². The van der Waals surface area contributed by atoms with Gasteiger partial charge in [0.15, 0.2) is 4.73 Å². The first-order valence-corrected chi connectivity index (χ1v) is 4.21. The Kier molecular flexibility index (Phi) is 2.67. The summed E-state index contributed by atoms with van der Waals surface area (Å²) < 4.78 is 2.84. The van der Waals surface area contributed by atoms with Crippen LogP contribution in [-0.4, -0.2) is 28.5 Å². The van der Waals surface area contributed by atoms with Crippen LogP contribution in [0.2, 0.25) is 0 Å². The standard InChI is InChI=1S/C7H12BrN3/c1-10(2)4-6-5-11(3)7(8)9-6/h5H,4H2,1-3H3. The van der Waals surface area contributed by atoms with Gasteiger partial charge in [-0.1, -0.05) is 0 Å². The molecule has 3 nitrogen and oxygen atoms in total. The molecule has 0 saturated carbocycles. The maximum Gasteiger partial charge on any atom is 0.177 e. The topological polar surface area (TPSA) is 21.1 Å². The predicted octanol–water partition coefficient (Wildman–Crippen LogP) is 1.24. The zero-order valence-corrected chi connectivity index (χ0v) is 8.59. The summed E-state index contributed by atoms with van der Waals surface area (Å²) >= 11 is 3.34. The quantitative estimate of drug-likeness (QED) is 0.744. The van der Waals surface area contributed by atoms with Crippen molar-refractivity contribution in [3.05, 3.63) is 16.6 Å². The number of nitrogens with zero attached hydrogens (tertiary/aromatic N) is 3. The Labute approximate surface area is 75.2 Å². The summed E-state index contributed by atoms with van der Waals surface area (Å²) in [5.41, 5.74) is 1.09. The molecule has 0 aliphatic carbocycles. The summed E-state index contributed by atoms with van der Waals surface area (Å²) in [5, 5.41) is 0. The van der Waals surface area contributed by atoms with E-state index in [4.69, 9.17) is 0 Å². The first-order valence-electron chi connectivity index (χ1n) is 3.42. The van der Waals surface area contributed by atoms with E-state index < -0.39 is 0 Å². The van der Waals surface area contributed by atoms with Gasteiger partial charge in [0, 0.05) is 19.8 Å². The van der Waals surface area contributed by atoms with Crippen LogP contribution >= 0.6 is 15.9 Å². The Balaban J connectivity index is 2.73. The molecule has 1 aromatic rings. The van der Waals surface area contributed by atoms with Crippen LogP contribution in [-0.2, 0) is 13.6 Å². The van der Waals surface area contributed by atoms with E-state index >= 15 is 0 Å². The normalized spacial score (nSPS) is 11.0. The Morgan fingerprint density at radius 1 is 1.64 bits per heavy atom. The monoisotopic (exact) mass is 217 g/mol. The van der Waals surface area contributed by atoms with Gasteiger partial charge < -0.3 is 9.47 Å². The molecule has 0 amide bonds. The van der Waals surface area contributed by atoms with Crippen LogP contribution in [0.15, 0.2) is 10.9 Å². The van der Waals surface area contributed by atoms with Crippen LogP contribution < -0.4 is 0 Å². The Hall–Kier alpha value is -0.350. The van der Waals surface area contributed by atoms with Crippen molar-refractivity contribution in [2.24, 2.45) is 7.05 Å². The van der Waals surface area contributed by atoms with Crippen molar-refractivity contribution in [1.29, 1.82) is 0 Å². The largest absolute Gasteiger partial charge is 0.328 e. The molecule has 0 radical (unpaired) electrons. The minimum absolute atomic E-state index is 0.884. The fraction of sp³-hybridized carbons (Fsp3) is 0.571. The zero-order chi connectivity index (χ0) is 8.43. The number of halogens is 1. The van der Waals surface area contributed by atoms with Crippen LogP contribution in [0.25, 0.3) is 0 Å². The van der Waals surface area contributed by atoms with Crippen LogP contribution in [0, 0.1) is 0 Å². The maximum absolute atomic E-state index is 4.29. The maximum atomic E-state index is 4.29. The highest BCUT2D eigenvalue weighted by Gasteiger charge is 2.01. The van der Waals surface area contributed by atoms with Gasteiger partial charge in [-0.15, -0.1) is 0 Å². The molecule has 0 N–H and O–H groups in total. The lowest BCUT2D eigenvalue weighted by atomic mass is 10.4. The van der Waals surface area contributed by atoms with Crippen molar-refractivity contribution >= 4 is 15.9 Å². The molecule has 4 heteroatoms. The summed E-state index contributed by atoms with van der Waals surface area (Å²) in [4.78, 5) is 6.38. The van der Waals surface area contributed by atoms with Crippen molar-refractivity contribution in [2.45, 2.75) is 6.54 Å². The smallest absolute Gasteiger partial charge is 0.177 e. The third-order valence-electron chi connectivity index (χ3n) is 1.35. The molecule has 11 heavy (non-hydrogen) atoms. The van der Waals surface area contributed by atoms with Crippen molar-refractivity contribution < 1.29 is 0 Å². The van der Waals surface area contributed by atoms with Crippen LogP contribution in [0.1, 0.15) is 5.69 Å². The third-order valence-corrected chi connectivity index (χ3v) is 2.08. The second-order valence-electron chi connectivity index (χ2n) is 2.85. The van der Waals surface area contributed by atoms with E-state index in [1.54, 1.807) is 0 Å². The van der Waals surface area contributed by atoms with E-state index in [0.717, 1.165) is 17.0 Å². The molecular formula is C7H12BrN3. The molecule has 0 unspecified atom stereocenters. The fourth-order valence-corrected chi connectivity index (χ4v) is 1.23. The van der Waals surface area contributed by atoms with Gasteiger partial charge in [0.1, 0.15) is 0 Å². The zero-order valence-electron chi connectivity index (χ0n) is 7.00. The molecule has 0 aromatic carbocycles. The van der Waals surface area contributed by atoms with Gasteiger partial charge in [-0.25, -0.2) is 4.98 Å².